The molecule has 7 atom stereocenters. The fraction of sp³-hybridized carbons (Fsp3) is 0.480. The molecule has 0 aromatic carbocycles. The molecule has 0 aromatic rings. The standard InChI is InChI=1S/C25H36BrClO6/c1-4-5-14-20(29)23(27)21(30)16-22(31)25(33)24(32)18(3)19(26)13-9-8-12-17(2)11-7-6-10-15-28/h5-15,18,20-25,29-33H,4,16H2,1-3H3/b9-8+,10-6+,11-7+,14-5+,17-12+,19-13-. The van der Waals surface area contributed by atoms with Gasteiger partial charge in [-0.2, -0.15) is 0 Å². The third kappa shape index (κ3) is 13.2. The molecule has 0 aliphatic carbocycles. The van der Waals surface area contributed by atoms with Gasteiger partial charge in [0.15, 0.2) is 0 Å². The topological polar surface area (TPSA) is 118 Å². The fourth-order valence-electron chi connectivity index (χ4n) is 2.69. The smallest absolute Gasteiger partial charge is 0.142 e. The van der Waals surface area contributed by atoms with E-state index in [1.807, 2.05) is 26.0 Å². The normalized spacial score (nSPS) is 20.4. The minimum Gasteiger partial charge on any atom is -0.391 e. The Morgan fingerprint density at radius 1 is 0.939 bits per heavy atom. The number of hydrogen-bond acceptors (Lipinski definition) is 6. The molecule has 0 rings (SSSR count). The molecule has 0 saturated carbocycles. The van der Waals surface area contributed by atoms with Gasteiger partial charge in [-0.15, -0.1) is 11.6 Å². The third-order valence-electron chi connectivity index (χ3n) is 4.82. The quantitative estimate of drug-likeness (QED) is 0.0704. The van der Waals surface area contributed by atoms with Crippen molar-refractivity contribution in [2.24, 2.45) is 5.92 Å². The highest BCUT2D eigenvalue weighted by atomic mass is 79.9. The Morgan fingerprint density at radius 3 is 2.18 bits per heavy atom. The molecule has 0 aromatic heterocycles. The van der Waals surface area contributed by atoms with E-state index in [0.29, 0.717) is 17.2 Å². The zero-order valence-corrected chi connectivity index (χ0v) is 21.5. The molecule has 33 heavy (non-hydrogen) atoms. The van der Waals surface area contributed by atoms with Crippen LogP contribution in [0.1, 0.15) is 33.6 Å². The van der Waals surface area contributed by atoms with Crippen molar-refractivity contribution in [3.8, 4) is 0 Å². The van der Waals surface area contributed by atoms with Crippen LogP contribution in [0.2, 0.25) is 0 Å². The summed E-state index contributed by atoms with van der Waals surface area (Å²) in [5, 5.41) is 50.1. The van der Waals surface area contributed by atoms with E-state index in [9.17, 15) is 30.3 Å². The van der Waals surface area contributed by atoms with Gasteiger partial charge in [0.25, 0.3) is 0 Å². The number of hydrogen-bond donors (Lipinski definition) is 5. The average Bonchev–Trinajstić information content (AvgIpc) is 2.80. The van der Waals surface area contributed by atoms with Crippen LogP contribution in [0.15, 0.2) is 70.8 Å². The minimum atomic E-state index is -1.53. The van der Waals surface area contributed by atoms with Gasteiger partial charge in [0.2, 0.25) is 0 Å². The number of halogens is 2. The summed E-state index contributed by atoms with van der Waals surface area (Å²) in [5.41, 5.74) is 0.962. The number of rotatable bonds is 15. The lowest BCUT2D eigenvalue weighted by Crippen LogP contribution is -2.44. The number of aliphatic hydroxyl groups is 5. The van der Waals surface area contributed by atoms with Crippen LogP contribution in [0.25, 0.3) is 0 Å². The summed E-state index contributed by atoms with van der Waals surface area (Å²) in [4.78, 5) is 10.2. The first-order valence-corrected chi connectivity index (χ1v) is 12.0. The molecule has 6 nitrogen and oxygen atoms in total. The third-order valence-corrected chi connectivity index (χ3v) is 6.36. The van der Waals surface area contributed by atoms with Gasteiger partial charge >= 0.3 is 0 Å². The van der Waals surface area contributed by atoms with Gasteiger partial charge in [0.05, 0.1) is 29.8 Å². The number of alkyl halides is 1. The van der Waals surface area contributed by atoms with Crippen LogP contribution in [0.5, 0.6) is 0 Å². The van der Waals surface area contributed by atoms with Gasteiger partial charge in [0.1, 0.15) is 12.4 Å². The van der Waals surface area contributed by atoms with E-state index in [0.717, 1.165) is 5.57 Å². The van der Waals surface area contributed by atoms with Crippen LogP contribution in [0.4, 0.5) is 0 Å². The molecule has 8 heteroatoms. The predicted octanol–water partition coefficient (Wildman–Crippen LogP) is 3.48. The van der Waals surface area contributed by atoms with E-state index >= 15 is 0 Å². The summed E-state index contributed by atoms with van der Waals surface area (Å²) in [6, 6.07) is 0. The second-order valence-corrected chi connectivity index (χ2v) is 9.06. The van der Waals surface area contributed by atoms with E-state index in [4.69, 9.17) is 11.6 Å². The molecular formula is C25H36BrClO6. The molecule has 0 spiro atoms. The lowest BCUT2D eigenvalue weighted by molar-refractivity contribution is -0.104. The number of carbonyl (C=O) groups is 1. The maximum atomic E-state index is 10.5. The molecule has 0 saturated heterocycles. The van der Waals surface area contributed by atoms with Gasteiger partial charge in [0, 0.05) is 16.8 Å². The van der Waals surface area contributed by atoms with Gasteiger partial charge in [-0.1, -0.05) is 90.0 Å². The van der Waals surface area contributed by atoms with E-state index in [1.54, 1.807) is 43.4 Å². The molecule has 0 heterocycles. The minimum absolute atomic E-state index is 0.309. The molecular weight excluding hydrogens is 512 g/mol. The Bertz CT molecular complexity index is 743. The maximum absolute atomic E-state index is 10.5. The maximum Gasteiger partial charge on any atom is 0.142 e. The van der Waals surface area contributed by atoms with E-state index in [1.165, 1.54) is 12.2 Å². The molecule has 0 radical (unpaired) electrons. The zero-order chi connectivity index (χ0) is 25.4. The van der Waals surface area contributed by atoms with Crippen molar-refractivity contribution in [3.63, 3.8) is 0 Å². The second kappa shape index (κ2) is 18.1. The molecule has 0 aliphatic rings. The van der Waals surface area contributed by atoms with Crippen LogP contribution in [0, 0.1) is 5.92 Å². The molecule has 7 unspecified atom stereocenters. The summed E-state index contributed by atoms with van der Waals surface area (Å²) in [6.45, 7) is 5.47. The lowest BCUT2D eigenvalue weighted by Gasteiger charge is -2.29. The van der Waals surface area contributed by atoms with Crippen molar-refractivity contribution in [1.82, 2.24) is 0 Å². The molecule has 0 bridgehead atoms. The van der Waals surface area contributed by atoms with Crippen LogP contribution >= 0.6 is 27.5 Å². The van der Waals surface area contributed by atoms with Crippen LogP contribution < -0.4 is 0 Å². The van der Waals surface area contributed by atoms with Crippen molar-refractivity contribution in [3.05, 3.63) is 70.8 Å². The van der Waals surface area contributed by atoms with E-state index in [2.05, 4.69) is 15.9 Å². The highest BCUT2D eigenvalue weighted by Crippen LogP contribution is 2.25. The summed E-state index contributed by atoms with van der Waals surface area (Å²) in [5.74, 6) is -0.542. The van der Waals surface area contributed by atoms with Crippen LogP contribution in [0.3, 0.4) is 0 Å². The summed E-state index contributed by atoms with van der Waals surface area (Å²) in [6.07, 6.45) is 11.3. The molecule has 186 valence electrons. The monoisotopic (exact) mass is 546 g/mol. The Balaban J connectivity index is 4.91. The first kappa shape index (κ1) is 31.7. The first-order valence-electron chi connectivity index (χ1n) is 10.8. The molecule has 0 aliphatic heterocycles. The van der Waals surface area contributed by atoms with Gasteiger partial charge in [-0.3, -0.25) is 4.79 Å². The van der Waals surface area contributed by atoms with Crippen LogP contribution in [-0.4, -0.2) is 67.7 Å². The van der Waals surface area contributed by atoms with Crippen molar-refractivity contribution in [2.45, 2.75) is 69.5 Å². The van der Waals surface area contributed by atoms with Crippen molar-refractivity contribution in [2.75, 3.05) is 0 Å². The number of aliphatic hydroxyl groups excluding tert-OH is 5. The van der Waals surface area contributed by atoms with Gasteiger partial charge in [-0.25, -0.2) is 0 Å². The van der Waals surface area contributed by atoms with E-state index in [-0.39, 0.29) is 6.42 Å². The average molecular weight is 548 g/mol. The summed E-state index contributed by atoms with van der Waals surface area (Å²) >= 11 is 9.41. The number of allylic oxidation sites excluding steroid dienone is 10. The number of carbonyl (C=O) groups excluding carboxylic acids is 1. The molecule has 0 fully saturated rings. The van der Waals surface area contributed by atoms with Gasteiger partial charge < -0.3 is 25.5 Å². The summed E-state index contributed by atoms with van der Waals surface area (Å²) < 4.78 is 0.601. The molecule has 5 N–H and O–H groups in total. The highest BCUT2D eigenvalue weighted by Gasteiger charge is 2.33. The van der Waals surface area contributed by atoms with Crippen molar-refractivity contribution in [1.29, 1.82) is 0 Å². The Labute approximate surface area is 210 Å². The zero-order valence-electron chi connectivity index (χ0n) is 19.2. The highest BCUT2D eigenvalue weighted by molar-refractivity contribution is 9.11. The fourth-order valence-corrected chi connectivity index (χ4v) is 3.30. The predicted molar refractivity (Wildman–Crippen MR) is 137 cm³/mol. The van der Waals surface area contributed by atoms with Crippen molar-refractivity contribution >= 4 is 33.8 Å². The summed E-state index contributed by atoms with van der Waals surface area (Å²) in [7, 11) is 0. The SMILES string of the molecule is CC/C=C/C(O)C(Cl)C(O)CC(O)C(O)C(O)C(C)/C(Br)=C/C=C/C=C(C)/C=C/C=C/C=O. The van der Waals surface area contributed by atoms with E-state index < -0.39 is 41.8 Å². The lowest BCUT2D eigenvalue weighted by atomic mass is 9.92. The largest absolute Gasteiger partial charge is 0.391 e. The molecule has 0 amide bonds. The van der Waals surface area contributed by atoms with Gasteiger partial charge in [-0.05, 0) is 19.4 Å². The van der Waals surface area contributed by atoms with Crippen LogP contribution in [-0.2, 0) is 4.79 Å². The Hall–Kier alpha value is -1.32. The Morgan fingerprint density at radius 2 is 1.58 bits per heavy atom. The second-order valence-electron chi connectivity index (χ2n) is 7.64. The first-order chi connectivity index (χ1) is 15.6. The van der Waals surface area contributed by atoms with Crippen molar-refractivity contribution < 1.29 is 30.3 Å². The Kier molecular flexibility index (Phi) is 17.3. The number of aldehydes is 1.